The van der Waals surface area contributed by atoms with E-state index in [4.69, 9.17) is 0 Å². The number of carbonyl (C=O) groups excluding carboxylic acids is 2. The standard InChI is InChI=1S/C16H13F3N2O2/c1-9(22)10-3-2-4-11(7-10)20-8-14(23)21-13-6-5-12(17)15(18)16(13)19/h2-7,20H,8H2,1H3,(H,21,23). The van der Waals surface area contributed by atoms with Gasteiger partial charge in [-0.25, -0.2) is 13.2 Å². The summed E-state index contributed by atoms with van der Waals surface area (Å²) in [5.41, 5.74) is 0.550. The van der Waals surface area contributed by atoms with Crippen molar-refractivity contribution in [3.63, 3.8) is 0 Å². The van der Waals surface area contributed by atoms with Crippen LogP contribution in [0.25, 0.3) is 0 Å². The van der Waals surface area contributed by atoms with Crippen molar-refractivity contribution in [1.29, 1.82) is 0 Å². The number of halogens is 3. The van der Waals surface area contributed by atoms with Gasteiger partial charge in [0.25, 0.3) is 0 Å². The maximum Gasteiger partial charge on any atom is 0.243 e. The highest BCUT2D eigenvalue weighted by molar-refractivity contribution is 5.96. The van der Waals surface area contributed by atoms with Gasteiger partial charge in [0.1, 0.15) is 0 Å². The summed E-state index contributed by atoms with van der Waals surface area (Å²) in [5, 5.41) is 4.89. The van der Waals surface area contributed by atoms with Crippen molar-refractivity contribution in [1.82, 2.24) is 0 Å². The number of rotatable bonds is 5. The first-order valence-electron chi connectivity index (χ1n) is 6.66. The van der Waals surface area contributed by atoms with Crippen LogP contribution in [0.5, 0.6) is 0 Å². The van der Waals surface area contributed by atoms with Crippen molar-refractivity contribution in [2.75, 3.05) is 17.2 Å². The Labute approximate surface area is 130 Å². The maximum absolute atomic E-state index is 13.4. The van der Waals surface area contributed by atoms with Gasteiger partial charge in [0, 0.05) is 11.3 Å². The van der Waals surface area contributed by atoms with Crippen molar-refractivity contribution < 1.29 is 22.8 Å². The first-order valence-corrected chi connectivity index (χ1v) is 6.66. The molecular weight excluding hydrogens is 309 g/mol. The lowest BCUT2D eigenvalue weighted by Gasteiger charge is -2.09. The summed E-state index contributed by atoms with van der Waals surface area (Å²) >= 11 is 0. The predicted molar refractivity (Wildman–Crippen MR) is 79.9 cm³/mol. The number of amides is 1. The van der Waals surface area contributed by atoms with Gasteiger partial charge in [-0.3, -0.25) is 9.59 Å². The third kappa shape index (κ3) is 4.09. The highest BCUT2D eigenvalue weighted by atomic mass is 19.2. The largest absolute Gasteiger partial charge is 0.376 e. The molecule has 2 aromatic carbocycles. The Kier molecular flexibility index (Phi) is 5.00. The molecule has 0 bridgehead atoms. The number of nitrogens with one attached hydrogen (secondary N) is 2. The number of Topliss-reactive ketones (excluding diaryl/α,β-unsaturated/α-hetero) is 1. The van der Waals surface area contributed by atoms with Crippen LogP contribution in [0.3, 0.4) is 0 Å². The lowest BCUT2D eigenvalue weighted by atomic mass is 10.1. The highest BCUT2D eigenvalue weighted by Crippen LogP contribution is 2.19. The second kappa shape index (κ2) is 6.95. The summed E-state index contributed by atoms with van der Waals surface area (Å²) in [6, 6.07) is 8.14. The molecule has 2 rings (SSSR count). The first kappa shape index (κ1) is 16.5. The summed E-state index contributed by atoms with van der Waals surface area (Å²) in [4.78, 5) is 23.0. The van der Waals surface area contributed by atoms with E-state index in [-0.39, 0.29) is 12.3 Å². The zero-order valence-electron chi connectivity index (χ0n) is 12.1. The number of hydrogen-bond acceptors (Lipinski definition) is 3. The molecule has 1 amide bonds. The summed E-state index contributed by atoms with van der Waals surface area (Å²) < 4.78 is 39.3. The molecule has 0 aliphatic rings. The first-order chi connectivity index (χ1) is 10.9. The molecule has 0 spiro atoms. The van der Waals surface area contributed by atoms with Crippen molar-refractivity contribution >= 4 is 23.1 Å². The fourth-order valence-corrected chi connectivity index (χ4v) is 1.85. The molecular formula is C16H13F3N2O2. The molecule has 2 N–H and O–H groups in total. The molecule has 4 nitrogen and oxygen atoms in total. The number of carbonyl (C=O) groups is 2. The van der Waals surface area contributed by atoms with E-state index in [0.717, 1.165) is 12.1 Å². The van der Waals surface area contributed by atoms with Crippen molar-refractivity contribution in [2.24, 2.45) is 0 Å². The van der Waals surface area contributed by atoms with Crippen molar-refractivity contribution in [2.45, 2.75) is 6.92 Å². The van der Waals surface area contributed by atoms with E-state index < -0.39 is 29.0 Å². The Morgan fingerprint density at radius 1 is 1.04 bits per heavy atom. The molecule has 0 heterocycles. The summed E-state index contributed by atoms with van der Waals surface area (Å²) in [7, 11) is 0. The molecule has 23 heavy (non-hydrogen) atoms. The van der Waals surface area contributed by atoms with Crippen molar-refractivity contribution in [3.05, 3.63) is 59.4 Å². The number of anilines is 2. The molecule has 0 aromatic heterocycles. The van der Waals surface area contributed by atoms with Gasteiger partial charge in [0.2, 0.25) is 5.91 Å². The van der Waals surface area contributed by atoms with Gasteiger partial charge in [-0.05, 0) is 31.2 Å². The molecule has 0 radical (unpaired) electrons. The minimum atomic E-state index is -1.65. The van der Waals surface area contributed by atoms with E-state index >= 15 is 0 Å². The smallest absolute Gasteiger partial charge is 0.243 e. The Hall–Kier alpha value is -2.83. The predicted octanol–water partition coefficient (Wildman–Crippen LogP) is 3.36. The summed E-state index contributed by atoms with van der Waals surface area (Å²) in [6.45, 7) is 1.18. The van der Waals surface area contributed by atoms with Crippen LogP contribution in [0.1, 0.15) is 17.3 Å². The topological polar surface area (TPSA) is 58.2 Å². The Bertz CT molecular complexity index is 763. The molecule has 120 valence electrons. The summed E-state index contributed by atoms with van der Waals surface area (Å²) in [6.07, 6.45) is 0. The minimum Gasteiger partial charge on any atom is -0.376 e. The molecule has 0 unspecified atom stereocenters. The molecule has 0 aliphatic heterocycles. The van der Waals surface area contributed by atoms with Gasteiger partial charge in [-0.15, -0.1) is 0 Å². The molecule has 0 saturated carbocycles. The normalized spacial score (nSPS) is 10.3. The van der Waals surface area contributed by atoms with Crippen LogP contribution in [0, 0.1) is 17.5 Å². The average Bonchev–Trinajstić information content (AvgIpc) is 2.54. The van der Waals surface area contributed by atoms with Gasteiger partial charge in [0.15, 0.2) is 23.2 Å². The highest BCUT2D eigenvalue weighted by Gasteiger charge is 2.15. The van der Waals surface area contributed by atoms with Gasteiger partial charge in [0.05, 0.1) is 12.2 Å². The van der Waals surface area contributed by atoms with Crippen LogP contribution < -0.4 is 10.6 Å². The quantitative estimate of drug-likeness (QED) is 0.655. The maximum atomic E-state index is 13.4. The number of benzene rings is 2. The van der Waals surface area contributed by atoms with Crippen LogP contribution in [0.15, 0.2) is 36.4 Å². The van der Waals surface area contributed by atoms with E-state index in [1.165, 1.54) is 6.92 Å². The fourth-order valence-electron chi connectivity index (χ4n) is 1.85. The van der Waals surface area contributed by atoms with Gasteiger partial charge in [-0.2, -0.15) is 0 Å². The Morgan fingerprint density at radius 2 is 1.78 bits per heavy atom. The number of hydrogen-bond donors (Lipinski definition) is 2. The Morgan fingerprint density at radius 3 is 2.48 bits per heavy atom. The van der Waals surface area contributed by atoms with Crippen LogP contribution in [0.2, 0.25) is 0 Å². The molecule has 7 heteroatoms. The Balaban J connectivity index is 1.99. The second-order valence-electron chi connectivity index (χ2n) is 4.76. The van der Waals surface area contributed by atoms with Crippen molar-refractivity contribution in [3.8, 4) is 0 Å². The van der Waals surface area contributed by atoms with E-state index in [0.29, 0.717) is 11.3 Å². The van der Waals surface area contributed by atoms with Gasteiger partial charge in [-0.1, -0.05) is 12.1 Å². The molecule has 0 saturated heterocycles. The SMILES string of the molecule is CC(=O)c1cccc(NCC(=O)Nc2ccc(F)c(F)c2F)c1. The second-order valence-corrected chi connectivity index (χ2v) is 4.76. The van der Waals surface area contributed by atoms with E-state index in [1.807, 2.05) is 0 Å². The minimum absolute atomic E-state index is 0.123. The zero-order valence-corrected chi connectivity index (χ0v) is 12.1. The number of ketones is 1. The van der Waals surface area contributed by atoms with Gasteiger partial charge >= 0.3 is 0 Å². The van der Waals surface area contributed by atoms with Crippen LogP contribution in [0.4, 0.5) is 24.5 Å². The van der Waals surface area contributed by atoms with E-state index in [1.54, 1.807) is 24.3 Å². The third-order valence-electron chi connectivity index (χ3n) is 3.03. The molecule has 0 aliphatic carbocycles. The fraction of sp³-hybridized carbons (Fsp3) is 0.125. The monoisotopic (exact) mass is 322 g/mol. The molecule has 2 aromatic rings. The van der Waals surface area contributed by atoms with Crippen LogP contribution in [-0.4, -0.2) is 18.2 Å². The average molecular weight is 322 g/mol. The third-order valence-corrected chi connectivity index (χ3v) is 3.03. The van der Waals surface area contributed by atoms with E-state index in [9.17, 15) is 22.8 Å². The lowest BCUT2D eigenvalue weighted by molar-refractivity contribution is -0.114. The zero-order chi connectivity index (χ0) is 17.0. The molecule has 0 fully saturated rings. The summed E-state index contributed by atoms with van der Waals surface area (Å²) in [5.74, 6) is -5.22. The van der Waals surface area contributed by atoms with E-state index in [2.05, 4.69) is 10.6 Å². The lowest BCUT2D eigenvalue weighted by Crippen LogP contribution is -2.22. The van der Waals surface area contributed by atoms with Crippen LogP contribution >= 0.6 is 0 Å². The van der Waals surface area contributed by atoms with Gasteiger partial charge < -0.3 is 10.6 Å². The van der Waals surface area contributed by atoms with Crippen LogP contribution in [-0.2, 0) is 4.79 Å². The molecule has 0 atom stereocenters.